The van der Waals surface area contributed by atoms with E-state index in [2.05, 4.69) is 10.5 Å². The second-order valence-corrected chi connectivity index (χ2v) is 10.6. The van der Waals surface area contributed by atoms with E-state index >= 15 is 0 Å². The van der Waals surface area contributed by atoms with E-state index in [0.29, 0.717) is 17.9 Å². The van der Waals surface area contributed by atoms with Crippen molar-refractivity contribution in [2.24, 2.45) is 5.10 Å². The fourth-order valence-electron chi connectivity index (χ4n) is 3.61. The number of anilines is 1. The Balaban J connectivity index is 1.45. The van der Waals surface area contributed by atoms with Gasteiger partial charge in [0, 0.05) is 5.02 Å². The fraction of sp³-hybridized carbons (Fsp3) is 0.103. The molecule has 0 saturated heterocycles. The Morgan fingerprint density at radius 2 is 1.62 bits per heavy atom. The first kappa shape index (κ1) is 27.7. The van der Waals surface area contributed by atoms with E-state index in [9.17, 15) is 13.2 Å². The minimum atomic E-state index is -4.14. The third-order valence-corrected chi connectivity index (χ3v) is 7.57. The van der Waals surface area contributed by atoms with E-state index in [1.54, 1.807) is 48.5 Å². The molecule has 0 unspecified atom stereocenters. The SMILES string of the molecule is COc1ccc(Cl)cc1N(CC(=O)NN=Cc1ccc(OCc2ccccc2)cc1)S(=O)(=O)c1ccccc1. The maximum absolute atomic E-state index is 13.5. The number of halogens is 1. The van der Waals surface area contributed by atoms with Gasteiger partial charge in [0.25, 0.3) is 15.9 Å². The van der Waals surface area contributed by atoms with Crippen LogP contribution < -0.4 is 19.2 Å². The zero-order valence-corrected chi connectivity index (χ0v) is 22.6. The first-order valence-electron chi connectivity index (χ1n) is 11.9. The summed E-state index contributed by atoms with van der Waals surface area (Å²) in [5.74, 6) is 0.276. The summed E-state index contributed by atoms with van der Waals surface area (Å²) in [6.45, 7) is -0.109. The number of hydrogen-bond donors (Lipinski definition) is 1. The van der Waals surface area contributed by atoms with Crippen LogP contribution >= 0.6 is 11.6 Å². The molecule has 0 heterocycles. The molecule has 1 N–H and O–H groups in total. The number of carbonyl (C=O) groups is 1. The molecule has 0 spiro atoms. The number of rotatable bonds is 11. The molecule has 8 nitrogen and oxygen atoms in total. The lowest BCUT2D eigenvalue weighted by atomic mass is 10.2. The van der Waals surface area contributed by atoms with E-state index in [0.717, 1.165) is 9.87 Å². The van der Waals surface area contributed by atoms with Gasteiger partial charge in [-0.05, 0) is 65.7 Å². The van der Waals surface area contributed by atoms with Gasteiger partial charge in [-0.2, -0.15) is 5.10 Å². The van der Waals surface area contributed by atoms with Crippen molar-refractivity contribution in [3.8, 4) is 11.5 Å². The van der Waals surface area contributed by atoms with E-state index in [4.69, 9.17) is 21.1 Å². The van der Waals surface area contributed by atoms with Crippen LogP contribution in [0.15, 0.2) is 113 Å². The second kappa shape index (κ2) is 12.9. The highest BCUT2D eigenvalue weighted by Gasteiger charge is 2.29. The molecule has 0 aliphatic heterocycles. The lowest BCUT2D eigenvalue weighted by Gasteiger charge is -2.25. The number of hydrogen-bond acceptors (Lipinski definition) is 6. The number of methoxy groups -OCH3 is 1. The first-order chi connectivity index (χ1) is 18.9. The molecule has 200 valence electrons. The minimum Gasteiger partial charge on any atom is -0.495 e. The van der Waals surface area contributed by atoms with Gasteiger partial charge in [0.05, 0.1) is 23.9 Å². The Morgan fingerprint density at radius 1 is 0.949 bits per heavy atom. The highest BCUT2D eigenvalue weighted by Crippen LogP contribution is 2.34. The Hall–Kier alpha value is -4.34. The lowest BCUT2D eigenvalue weighted by molar-refractivity contribution is -0.119. The Bertz CT molecular complexity index is 1530. The third kappa shape index (κ3) is 7.37. The van der Waals surface area contributed by atoms with Crippen molar-refractivity contribution in [1.82, 2.24) is 5.43 Å². The van der Waals surface area contributed by atoms with Crippen molar-refractivity contribution in [3.63, 3.8) is 0 Å². The summed E-state index contributed by atoms with van der Waals surface area (Å²) in [5.41, 5.74) is 4.29. The normalized spacial score (nSPS) is 11.2. The van der Waals surface area contributed by atoms with Gasteiger partial charge in [0.1, 0.15) is 24.7 Å². The zero-order chi connectivity index (χ0) is 27.7. The standard InChI is InChI=1S/C29H26ClN3O5S/c1-37-28-17-14-24(30)18-27(28)33(39(35,36)26-10-6-3-7-11-26)20-29(34)32-31-19-22-12-15-25(16-13-22)38-21-23-8-4-2-5-9-23/h2-19H,20-21H2,1H3,(H,32,34). The third-order valence-electron chi connectivity index (χ3n) is 5.56. The van der Waals surface area contributed by atoms with Crippen molar-refractivity contribution in [2.75, 3.05) is 18.0 Å². The van der Waals surface area contributed by atoms with Gasteiger partial charge in [-0.15, -0.1) is 0 Å². The molecule has 0 aliphatic carbocycles. The predicted octanol–water partition coefficient (Wildman–Crippen LogP) is 5.27. The number of sulfonamides is 1. The molecule has 0 fully saturated rings. The van der Waals surface area contributed by atoms with Crippen LogP contribution in [0.25, 0.3) is 0 Å². The molecule has 10 heteroatoms. The average molecular weight is 564 g/mol. The van der Waals surface area contributed by atoms with Crippen LogP contribution in [0, 0.1) is 0 Å². The first-order valence-corrected chi connectivity index (χ1v) is 13.7. The van der Waals surface area contributed by atoms with Gasteiger partial charge in [-0.3, -0.25) is 9.10 Å². The molecule has 4 rings (SSSR count). The topological polar surface area (TPSA) is 97.3 Å². The fourth-order valence-corrected chi connectivity index (χ4v) is 5.22. The van der Waals surface area contributed by atoms with Crippen LogP contribution in [-0.2, 0) is 21.4 Å². The van der Waals surface area contributed by atoms with E-state index < -0.39 is 22.5 Å². The molecular formula is C29H26ClN3O5S. The largest absolute Gasteiger partial charge is 0.495 e. The maximum Gasteiger partial charge on any atom is 0.264 e. The molecule has 0 bridgehead atoms. The molecular weight excluding hydrogens is 538 g/mol. The number of ether oxygens (including phenoxy) is 2. The molecule has 4 aromatic carbocycles. The summed E-state index contributed by atoms with van der Waals surface area (Å²) in [4.78, 5) is 12.8. The zero-order valence-electron chi connectivity index (χ0n) is 21.0. The van der Waals surface area contributed by atoms with Gasteiger partial charge >= 0.3 is 0 Å². The number of hydrazone groups is 1. The monoisotopic (exact) mass is 563 g/mol. The van der Waals surface area contributed by atoms with Gasteiger partial charge in [-0.1, -0.05) is 60.1 Å². The predicted molar refractivity (Wildman–Crippen MR) is 152 cm³/mol. The molecule has 0 aromatic heterocycles. The molecule has 0 aliphatic rings. The van der Waals surface area contributed by atoms with Gasteiger partial charge < -0.3 is 9.47 Å². The van der Waals surface area contributed by atoms with Crippen molar-refractivity contribution in [3.05, 3.63) is 119 Å². The molecule has 0 radical (unpaired) electrons. The average Bonchev–Trinajstić information content (AvgIpc) is 2.96. The quantitative estimate of drug-likeness (QED) is 0.198. The lowest BCUT2D eigenvalue weighted by Crippen LogP contribution is -2.39. The summed E-state index contributed by atoms with van der Waals surface area (Å²) < 4.78 is 39.1. The van der Waals surface area contributed by atoms with Crippen LogP contribution in [0.1, 0.15) is 11.1 Å². The van der Waals surface area contributed by atoms with Crippen LogP contribution in [0.5, 0.6) is 11.5 Å². The van der Waals surface area contributed by atoms with Crippen LogP contribution in [0.4, 0.5) is 5.69 Å². The summed E-state index contributed by atoms with van der Waals surface area (Å²) >= 11 is 6.15. The van der Waals surface area contributed by atoms with Crippen LogP contribution in [-0.4, -0.2) is 34.2 Å². The van der Waals surface area contributed by atoms with E-state index in [1.807, 2.05) is 30.3 Å². The highest BCUT2D eigenvalue weighted by atomic mass is 35.5. The van der Waals surface area contributed by atoms with Crippen LogP contribution in [0.2, 0.25) is 5.02 Å². The highest BCUT2D eigenvalue weighted by molar-refractivity contribution is 7.92. The van der Waals surface area contributed by atoms with Gasteiger partial charge in [-0.25, -0.2) is 13.8 Å². The molecule has 0 atom stereocenters. The Morgan fingerprint density at radius 3 is 2.28 bits per heavy atom. The van der Waals surface area contributed by atoms with Crippen LogP contribution in [0.3, 0.4) is 0 Å². The second-order valence-electron chi connectivity index (χ2n) is 8.28. The molecule has 4 aromatic rings. The minimum absolute atomic E-state index is 0.0119. The van der Waals surface area contributed by atoms with Crippen molar-refractivity contribution in [2.45, 2.75) is 11.5 Å². The Kier molecular flexibility index (Phi) is 9.19. The number of carbonyl (C=O) groups excluding carboxylic acids is 1. The summed E-state index contributed by atoms with van der Waals surface area (Å²) in [5, 5.41) is 4.27. The van der Waals surface area contributed by atoms with Gasteiger partial charge in [0.15, 0.2) is 0 Å². The summed E-state index contributed by atoms with van der Waals surface area (Å²) in [7, 11) is -2.73. The van der Waals surface area contributed by atoms with Crippen molar-refractivity contribution >= 4 is 39.4 Å². The number of nitrogens with zero attached hydrogens (tertiary/aromatic N) is 2. The van der Waals surface area contributed by atoms with Gasteiger partial charge in [0.2, 0.25) is 0 Å². The number of amides is 1. The maximum atomic E-state index is 13.5. The smallest absolute Gasteiger partial charge is 0.264 e. The van der Waals surface area contributed by atoms with Crippen molar-refractivity contribution in [1.29, 1.82) is 0 Å². The number of nitrogens with one attached hydrogen (secondary N) is 1. The summed E-state index contributed by atoms with van der Waals surface area (Å²) in [6, 6.07) is 29.3. The molecule has 0 saturated carbocycles. The Labute approximate surface area is 232 Å². The molecule has 1 amide bonds. The van der Waals surface area contributed by atoms with E-state index in [-0.39, 0.29) is 21.4 Å². The van der Waals surface area contributed by atoms with Crippen molar-refractivity contribution < 1.29 is 22.7 Å². The number of benzene rings is 4. The molecule has 39 heavy (non-hydrogen) atoms. The van der Waals surface area contributed by atoms with E-state index in [1.165, 1.54) is 37.6 Å². The summed E-state index contributed by atoms with van der Waals surface area (Å²) in [6.07, 6.45) is 1.45.